The number of benzene rings is 2. The van der Waals surface area contributed by atoms with Gasteiger partial charge in [-0.15, -0.1) is 0 Å². The van der Waals surface area contributed by atoms with Crippen LogP contribution in [0.1, 0.15) is 39.1 Å². The van der Waals surface area contributed by atoms with Crippen molar-refractivity contribution >= 4 is 17.5 Å². The standard InChI is InChI=1S/C20H15FO5/c1-26-20(25)13-9-8-12(13)18(23)11-6-7-15(17(22)10-11)19(24)14-4-2-3-5-16(14)21/h2-7,10,22H,8-9H2,1H3. The number of ether oxygens (including phenoxy) is 1. The molecular weight excluding hydrogens is 339 g/mol. The van der Waals surface area contributed by atoms with Crippen molar-refractivity contribution in [1.29, 1.82) is 0 Å². The quantitative estimate of drug-likeness (QED) is 0.659. The molecule has 0 unspecified atom stereocenters. The molecule has 0 spiro atoms. The number of rotatable bonds is 5. The van der Waals surface area contributed by atoms with E-state index in [2.05, 4.69) is 4.74 Å². The minimum atomic E-state index is -0.695. The number of Topliss-reactive ketones (excluding diaryl/α,β-unsaturated/α-hetero) is 1. The Morgan fingerprint density at radius 3 is 2.23 bits per heavy atom. The highest BCUT2D eigenvalue weighted by atomic mass is 19.1. The second-order valence-corrected chi connectivity index (χ2v) is 5.82. The molecule has 0 fully saturated rings. The molecule has 0 bridgehead atoms. The van der Waals surface area contributed by atoms with Crippen molar-refractivity contribution in [3.63, 3.8) is 0 Å². The summed E-state index contributed by atoms with van der Waals surface area (Å²) in [6.45, 7) is 0. The maximum absolute atomic E-state index is 13.8. The van der Waals surface area contributed by atoms with E-state index in [4.69, 9.17) is 0 Å². The lowest BCUT2D eigenvalue weighted by Crippen LogP contribution is -2.21. The molecule has 26 heavy (non-hydrogen) atoms. The lowest BCUT2D eigenvalue weighted by atomic mass is 9.83. The topological polar surface area (TPSA) is 80.7 Å². The van der Waals surface area contributed by atoms with Crippen LogP contribution in [-0.2, 0) is 9.53 Å². The van der Waals surface area contributed by atoms with Crippen LogP contribution in [0.25, 0.3) is 0 Å². The normalized spacial score (nSPS) is 13.2. The molecule has 1 aliphatic carbocycles. The Morgan fingerprint density at radius 1 is 0.962 bits per heavy atom. The summed E-state index contributed by atoms with van der Waals surface area (Å²) in [5, 5.41) is 10.2. The van der Waals surface area contributed by atoms with Crippen molar-refractivity contribution in [2.75, 3.05) is 7.11 Å². The lowest BCUT2D eigenvalue weighted by molar-refractivity contribution is -0.136. The highest BCUT2D eigenvalue weighted by Gasteiger charge is 2.30. The summed E-state index contributed by atoms with van der Waals surface area (Å²) in [5.74, 6) is -2.76. The Balaban J connectivity index is 1.91. The van der Waals surface area contributed by atoms with Crippen LogP contribution in [-0.4, -0.2) is 29.8 Å². The largest absolute Gasteiger partial charge is 0.507 e. The van der Waals surface area contributed by atoms with Crippen LogP contribution >= 0.6 is 0 Å². The monoisotopic (exact) mass is 354 g/mol. The van der Waals surface area contributed by atoms with Gasteiger partial charge in [-0.1, -0.05) is 18.2 Å². The van der Waals surface area contributed by atoms with Crippen LogP contribution in [0.3, 0.4) is 0 Å². The molecule has 132 valence electrons. The zero-order valence-corrected chi connectivity index (χ0v) is 13.9. The van der Waals surface area contributed by atoms with E-state index in [1.165, 1.54) is 37.4 Å². The number of methoxy groups -OCH3 is 1. The van der Waals surface area contributed by atoms with Crippen LogP contribution in [0.4, 0.5) is 4.39 Å². The van der Waals surface area contributed by atoms with Gasteiger partial charge in [0.05, 0.1) is 18.2 Å². The second kappa shape index (κ2) is 6.92. The maximum atomic E-state index is 13.8. The number of phenols is 1. The molecule has 3 rings (SSSR count). The number of hydrogen-bond donors (Lipinski definition) is 1. The summed E-state index contributed by atoms with van der Waals surface area (Å²) < 4.78 is 18.4. The zero-order valence-electron chi connectivity index (χ0n) is 13.9. The van der Waals surface area contributed by atoms with Gasteiger partial charge in [0.2, 0.25) is 0 Å². The first-order valence-corrected chi connectivity index (χ1v) is 7.91. The smallest absolute Gasteiger partial charge is 0.334 e. The molecule has 0 saturated heterocycles. The third kappa shape index (κ3) is 3.01. The van der Waals surface area contributed by atoms with E-state index >= 15 is 0 Å². The van der Waals surface area contributed by atoms with Gasteiger partial charge in [0.25, 0.3) is 0 Å². The van der Waals surface area contributed by atoms with E-state index in [1.54, 1.807) is 0 Å². The van der Waals surface area contributed by atoms with Gasteiger partial charge in [-0.25, -0.2) is 9.18 Å². The van der Waals surface area contributed by atoms with Gasteiger partial charge in [-0.3, -0.25) is 9.59 Å². The van der Waals surface area contributed by atoms with Gasteiger partial charge in [0.1, 0.15) is 11.6 Å². The Hall–Kier alpha value is -3.28. The lowest BCUT2D eigenvalue weighted by Gasteiger charge is -2.20. The van der Waals surface area contributed by atoms with E-state index in [9.17, 15) is 23.9 Å². The molecule has 0 aliphatic heterocycles. The highest BCUT2D eigenvalue weighted by Crippen LogP contribution is 2.33. The van der Waals surface area contributed by atoms with Crippen molar-refractivity contribution in [2.45, 2.75) is 12.8 Å². The van der Waals surface area contributed by atoms with E-state index in [1.807, 2.05) is 0 Å². The zero-order chi connectivity index (χ0) is 18.8. The van der Waals surface area contributed by atoms with Gasteiger partial charge >= 0.3 is 5.97 Å². The van der Waals surface area contributed by atoms with Gasteiger partial charge < -0.3 is 9.84 Å². The van der Waals surface area contributed by atoms with E-state index in [-0.39, 0.29) is 16.7 Å². The summed E-state index contributed by atoms with van der Waals surface area (Å²) >= 11 is 0. The summed E-state index contributed by atoms with van der Waals surface area (Å²) in [4.78, 5) is 36.5. The van der Waals surface area contributed by atoms with Gasteiger partial charge in [-0.05, 0) is 37.1 Å². The maximum Gasteiger partial charge on any atom is 0.334 e. The molecule has 0 amide bonds. The number of hydrogen-bond acceptors (Lipinski definition) is 5. The van der Waals surface area contributed by atoms with Crippen LogP contribution in [0, 0.1) is 5.82 Å². The van der Waals surface area contributed by atoms with E-state index in [0.717, 1.165) is 12.1 Å². The minimum absolute atomic E-state index is 0.109. The molecule has 1 aliphatic rings. The van der Waals surface area contributed by atoms with Crippen molar-refractivity contribution in [1.82, 2.24) is 0 Å². The molecule has 2 aromatic rings. The minimum Gasteiger partial charge on any atom is -0.507 e. The first-order chi connectivity index (χ1) is 12.4. The van der Waals surface area contributed by atoms with Gasteiger partial charge in [-0.2, -0.15) is 0 Å². The summed E-state index contributed by atoms with van der Waals surface area (Å²) in [7, 11) is 1.24. The summed E-state index contributed by atoms with van der Waals surface area (Å²) in [6, 6.07) is 9.24. The Morgan fingerprint density at radius 2 is 1.65 bits per heavy atom. The molecule has 6 heteroatoms. The summed E-state index contributed by atoms with van der Waals surface area (Å²) in [6.07, 6.45) is 0.906. The molecule has 0 saturated carbocycles. The third-order valence-electron chi connectivity index (χ3n) is 4.32. The number of phenolic OH excluding ortho intramolecular Hbond substituents is 1. The number of aromatic hydroxyl groups is 1. The fourth-order valence-corrected chi connectivity index (χ4v) is 2.80. The summed E-state index contributed by atoms with van der Waals surface area (Å²) in [5.41, 5.74) is 0.524. The predicted molar refractivity (Wildman–Crippen MR) is 90.5 cm³/mol. The fraction of sp³-hybridized carbons (Fsp3) is 0.150. The Kier molecular flexibility index (Phi) is 4.67. The molecule has 1 N–H and O–H groups in total. The number of allylic oxidation sites excluding steroid dienone is 1. The number of halogens is 1. The van der Waals surface area contributed by atoms with Gasteiger partial charge in [0, 0.05) is 16.7 Å². The Bertz CT molecular complexity index is 958. The molecular formula is C20H15FO5. The van der Waals surface area contributed by atoms with Crippen LogP contribution in [0.2, 0.25) is 0 Å². The van der Waals surface area contributed by atoms with Crippen molar-refractivity contribution in [3.05, 3.63) is 76.1 Å². The van der Waals surface area contributed by atoms with Crippen molar-refractivity contribution in [3.8, 4) is 5.75 Å². The van der Waals surface area contributed by atoms with Crippen LogP contribution in [0.15, 0.2) is 53.6 Å². The van der Waals surface area contributed by atoms with E-state index < -0.39 is 29.1 Å². The highest BCUT2D eigenvalue weighted by molar-refractivity contribution is 6.16. The number of esters is 1. The van der Waals surface area contributed by atoms with Gasteiger partial charge in [0.15, 0.2) is 11.6 Å². The van der Waals surface area contributed by atoms with E-state index in [0.29, 0.717) is 24.0 Å². The average molecular weight is 354 g/mol. The number of carbonyl (C=O) groups is 3. The molecule has 0 aromatic heterocycles. The van der Waals surface area contributed by atoms with Crippen molar-refractivity contribution < 1.29 is 28.6 Å². The number of carbonyl (C=O) groups excluding carboxylic acids is 3. The first kappa shape index (κ1) is 17.5. The van der Waals surface area contributed by atoms with Crippen LogP contribution < -0.4 is 0 Å². The SMILES string of the molecule is COC(=O)C1=C(C(=O)c2ccc(C(=O)c3ccccc3F)c(O)c2)CC1. The molecule has 0 radical (unpaired) electrons. The molecule has 5 nitrogen and oxygen atoms in total. The molecule has 0 atom stereocenters. The van der Waals surface area contributed by atoms with Crippen LogP contribution in [0.5, 0.6) is 5.75 Å². The second-order valence-electron chi connectivity index (χ2n) is 5.82. The predicted octanol–water partition coefficient (Wildman–Crippen LogP) is 3.21. The average Bonchev–Trinajstić information content (AvgIpc) is 2.60. The number of ketones is 2. The Labute approximate surface area is 148 Å². The molecule has 2 aromatic carbocycles. The van der Waals surface area contributed by atoms with Crippen molar-refractivity contribution in [2.24, 2.45) is 0 Å². The third-order valence-corrected chi connectivity index (χ3v) is 4.32. The fourth-order valence-electron chi connectivity index (χ4n) is 2.80. The first-order valence-electron chi connectivity index (χ1n) is 7.91. The molecule has 0 heterocycles.